The van der Waals surface area contributed by atoms with Crippen LogP contribution >= 0.6 is 11.8 Å². The minimum atomic E-state index is -0.322. The van der Waals surface area contributed by atoms with Crippen LogP contribution in [0, 0.1) is 24.0 Å². The van der Waals surface area contributed by atoms with Gasteiger partial charge in [-0.1, -0.05) is 36.4 Å². The van der Waals surface area contributed by atoms with Crippen molar-refractivity contribution >= 4 is 51.1 Å². The van der Waals surface area contributed by atoms with E-state index in [1.54, 1.807) is 12.1 Å². The first-order chi connectivity index (χ1) is 19.3. The van der Waals surface area contributed by atoms with E-state index in [-0.39, 0.29) is 28.3 Å². The molecule has 4 aromatic rings. The summed E-state index contributed by atoms with van der Waals surface area (Å²) in [5.41, 5.74) is 4.81. The predicted octanol–water partition coefficient (Wildman–Crippen LogP) is 6.99. The van der Waals surface area contributed by atoms with Crippen LogP contribution in [0.3, 0.4) is 0 Å². The maximum absolute atomic E-state index is 13.3. The number of fused-ring (bicyclic) bond motifs is 1. The first-order valence-corrected chi connectivity index (χ1v) is 14.1. The first-order valence-electron chi connectivity index (χ1n) is 13.3. The Balaban J connectivity index is 1.28. The monoisotopic (exact) mass is 552 g/mol. The number of benzene rings is 3. The molecule has 0 aliphatic carbocycles. The molecule has 2 amide bonds. The highest BCUT2D eigenvalue weighted by Gasteiger charge is 2.35. The van der Waals surface area contributed by atoms with E-state index in [0.717, 1.165) is 71.0 Å². The Hall–Kier alpha value is -4.37. The van der Waals surface area contributed by atoms with Crippen molar-refractivity contribution in [2.45, 2.75) is 33.2 Å². The second-order valence-corrected chi connectivity index (χ2v) is 11.2. The standard InChI is InChI=1S/C31H28N4O4S/c1-20-15-25(21(2)34(20)26-11-12-27(28(18-26)35(38)39)32-13-5-6-14-32)17-29-30(36)33(31(37)40-29)19-22-9-10-23-7-3-4-8-24(23)16-22/h3-4,7-12,15-18H,5-6,13-14,19H2,1-2H3/b29-17-. The molecule has 6 rings (SSSR count). The van der Waals surface area contributed by atoms with Crippen molar-refractivity contribution in [3.63, 3.8) is 0 Å². The summed E-state index contributed by atoms with van der Waals surface area (Å²) in [5, 5.41) is 13.8. The number of hydrogen-bond acceptors (Lipinski definition) is 6. The van der Waals surface area contributed by atoms with E-state index in [0.29, 0.717) is 16.3 Å². The second-order valence-electron chi connectivity index (χ2n) is 10.2. The molecule has 0 unspecified atom stereocenters. The molecule has 0 bridgehead atoms. The summed E-state index contributed by atoms with van der Waals surface area (Å²) < 4.78 is 1.95. The third kappa shape index (κ3) is 4.66. The molecule has 0 atom stereocenters. The van der Waals surface area contributed by atoms with Gasteiger partial charge in [-0.05, 0) is 90.7 Å². The highest BCUT2D eigenvalue weighted by atomic mass is 32.2. The first kappa shape index (κ1) is 25.9. The number of nitrogens with zero attached hydrogens (tertiary/aromatic N) is 4. The highest BCUT2D eigenvalue weighted by Crippen LogP contribution is 2.37. The topological polar surface area (TPSA) is 88.7 Å². The molecule has 202 valence electrons. The van der Waals surface area contributed by atoms with Gasteiger partial charge in [0.2, 0.25) is 0 Å². The lowest BCUT2D eigenvalue weighted by Gasteiger charge is -2.19. The lowest BCUT2D eigenvalue weighted by molar-refractivity contribution is -0.384. The maximum Gasteiger partial charge on any atom is 0.294 e. The van der Waals surface area contributed by atoms with Crippen molar-refractivity contribution in [1.29, 1.82) is 0 Å². The number of aryl methyl sites for hydroxylation is 1. The minimum absolute atomic E-state index is 0.0864. The summed E-state index contributed by atoms with van der Waals surface area (Å²) in [7, 11) is 0. The van der Waals surface area contributed by atoms with Gasteiger partial charge >= 0.3 is 0 Å². The van der Waals surface area contributed by atoms with Gasteiger partial charge in [0.25, 0.3) is 16.8 Å². The van der Waals surface area contributed by atoms with Crippen molar-refractivity contribution in [2.75, 3.05) is 18.0 Å². The number of anilines is 1. The van der Waals surface area contributed by atoms with Crippen molar-refractivity contribution in [1.82, 2.24) is 9.47 Å². The number of thioether (sulfide) groups is 1. The van der Waals surface area contributed by atoms with Gasteiger partial charge in [0.1, 0.15) is 5.69 Å². The molecule has 8 nitrogen and oxygen atoms in total. The fraction of sp³-hybridized carbons (Fsp3) is 0.226. The van der Waals surface area contributed by atoms with Crippen LogP contribution in [0.25, 0.3) is 22.5 Å². The van der Waals surface area contributed by atoms with Crippen LogP contribution in [0.2, 0.25) is 0 Å². The smallest absolute Gasteiger partial charge is 0.294 e. The fourth-order valence-corrected chi connectivity index (χ4v) is 6.48. The molecular formula is C31H28N4O4S. The number of rotatable bonds is 6. The lowest BCUT2D eigenvalue weighted by Crippen LogP contribution is -2.27. The van der Waals surface area contributed by atoms with Crippen LogP contribution < -0.4 is 4.90 Å². The summed E-state index contributed by atoms with van der Waals surface area (Å²) in [4.78, 5) is 41.4. The summed E-state index contributed by atoms with van der Waals surface area (Å²) in [6.07, 6.45) is 3.81. The summed E-state index contributed by atoms with van der Waals surface area (Å²) in [5.74, 6) is -0.321. The van der Waals surface area contributed by atoms with Crippen molar-refractivity contribution in [3.05, 3.63) is 104 Å². The van der Waals surface area contributed by atoms with Crippen LogP contribution in [0.15, 0.2) is 71.6 Å². The molecular weight excluding hydrogens is 524 g/mol. The lowest BCUT2D eigenvalue weighted by atomic mass is 10.1. The predicted molar refractivity (Wildman–Crippen MR) is 159 cm³/mol. The van der Waals surface area contributed by atoms with Gasteiger partial charge in [-0.25, -0.2) is 0 Å². The summed E-state index contributed by atoms with van der Waals surface area (Å²) in [6, 6.07) is 21.2. The normalized spacial score (nSPS) is 16.6. The SMILES string of the molecule is Cc1cc(/C=C2\SC(=O)N(Cc3ccc4ccccc4c3)C2=O)c(C)n1-c1ccc(N2CCCC2)c([N+](=O)[O-])c1. The van der Waals surface area contributed by atoms with E-state index in [2.05, 4.69) is 4.90 Å². The Morgan fingerprint density at radius 3 is 2.45 bits per heavy atom. The zero-order valence-corrected chi connectivity index (χ0v) is 23.1. The van der Waals surface area contributed by atoms with Gasteiger partial charge in [-0.2, -0.15) is 0 Å². The molecule has 0 radical (unpaired) electrons. The van der Waals surface area contributed by atoms with Gasteiger partial charge in [0, 0.05) is 30.5 Å². The number of nitro benzene ring substituents is 1. The number of carbonyl (C=O) groups is 2. The number of hydrogen-bond donors (Lipinski definition) is 0. The van der Waals surface area contributed by atoms with Gasteiger partial charge in [-0.15, -0.1) is 0 Å². The number of amides is 2. The van der Waals surface area contributed by atoms with Crippen molar-refractivity contribution in [3.8, 4) is 5.69 Å². The quantitative estimate of drug-likeness (QED) is 0.145. The molecule has 2 fully saturated rings. The van der Waals surface area contributed by atoms with E-state index in [4.69, 9.17) is 0 Å². The Bertz CT molecular complexity index is 1720. The molecule has 2 aliphatic rings. The van der Waals surface area contributed by atoms with Gasteiger partial charge in [0.15, 0.2) is 0 Å². The van der Waals surface area contributed by atoms with Crippen LogP contribution in [0.5, 0.6) is 0 Å². The number of imide groups is 1. The number of nitro groups is 1. The van der Waals surface area contributed by atoms with E-state index < -0.39 is 0 Å². The molecule has 9 heteroatoms. The molecule has 40 heavy (non-hydrogen) atoms. The van der Waals surface area contributed by atoms with E-state index in [9.17, 15) is 19.7 Å². The van der Waals surface area contributed by atoms with Gasteiger partial charge in [0.05, 0.1) is 22.1 Å². The average Bonchev–Trinajstić information content (AvgIpc) is 3.64. The number of carbonyl (C=O) groups excluding carboxylic acids is 2. The minimum Gasteiger partial charge on any atom is -0.366 e. The van der Waals surface area contributed by atoms with Crippen LogP contribution in [-0.4, -0.2) is 38.6 Å². The number of aromatic nitrogens is 1. The zero-order chi connectivity index (χ0) is 28.0. The average molecular weight is 553 g/mol. The highest BCUT2D eigenvalue weighted by molar-refractivity contribution is 8.18. The molecule has 3 heterocycles. The van der Waals surface area contributed by atoms with E-state index in [1.165, 1.54) is 4.90 Å². The molecule has 0 N–H and O–H groups in total. The van der Waals surface area contributed by atoms with E-state index >= 15 is 0 Å². The third-order valence-corrected chi connectivity index (χ3v) is 8.55. The molecule has 2 saturated heterocycles. The molecule has 1 aromatic heterocycles. The summed E-state index contributed by atoms with van der Waals surface area (Å²) >= 11 is 0.936. The fourth-order valence-electron chi connectivity index (χ4n) is 5.65. The maximum atomic E-state index is 13.3. The molecule has 0 spiro atoms. The van der Waals surface area contributed by atoms with Crippen molar-refractivity contribution < 1.29 is 14.5 Å². The summed E-state index contributed by atoms with van der Waals surface area (Å²) in [6.45, 7) is 5.69. The van der Waals surface area contributed by atoms with Crippen molar-refractivity contribution in [2.24, 2.45) is 0 Å². The van der Waals surface area contributed by atoms with Crippen LogP contribution in [0.1, 0.15) is 35.4 Å². The molecule has 0 saturated carbocycles. The Morgan fingerprint density at radius 2 is 1.70 bits per heavy atom. The zero-order valence-electron chi connectivity index (χ0n) is 22.3. The second kappa shape index (κ2) is 10.3. The molecule has 3 aromatic carbocycles. The largest absolute Gasteiger partial charge is 0.366 e. The Labute approximate surface area is 236 Å². The Morgan fingerprint density at radius 1 is 0.950 bits per heavy atom. The third-order valence-electron chi connectivity index (χ3n) is 7.65. The van der Waals surface area contributed by atoms with Crippen LogP contribution in [-0.2, 0) is 11.3 Å². The van der Waals surface area contributed by atoms with E-state index in [1.807, 2.05) is 79.1 Å². The Kier molecular flexibility index (Phi) is 6.67. The molecule has 2 aliphatic heterocycles. The van der Waals surface area contributed by atoms with Gasteiger partial charge < -0.3 is 9.47 Å². The van der Waals surface area contributed by atoms with Crippen LogP contribution in [0.4, 0.5) is 16.2 Å². The van der Waals surface area contributed by atoms with Gasteiger partial charge in [-0.3, -0.25) is 24.6 Å².